The van der Waals surface area contributed by atoms with Gasteiger partial charge in [-0.05, 0) is 67.1 Å². The predicted molar refractivity (Wildman–Crippen MR) is 120 cm³/mol. The molecule has 0 aliphatic carbocycles. The van der Waals surface area contributed by atoms with Crippen molar-refractivity contribution in [3.8, 4) is 0 Å². The molecule has 0 spiro atoms. The van der Waals surface area contributed by atoms with Gasteiger partial charge in [0, 0.05) is 42.9 Å². The molecule has 1 saturated heterocycles. The maximum Gasteiger partial charge on any atom is 0.231 e. The third kappa shape index (κ3) is 3.77. The van der Waals surface area contributed by atoms with E-state index in [4.69, 9.17) is 4.98 Å². The van der Waals surface area contributed by atoms with Crippen LogP contribution in [0, 0.1) is 5.92 Å². The fourth-order valence-corrected chi connectivity index (χ4v) is 4.26. The highest BCUT2D eigenvalue weighted by molar-refractivity contribution is 5.67. The number of nitrogens with zero attached hydrogens (tertiary/aromatic N) is 4. The summed E-state index contributed by atoms with van der Waals surface area (Å²) in [5.41, 5.74) is 4.92. The first kappa shape index (κ1) is 18.0. The Morgan fingerprint density at radius 3 is 2.55 bits per heavy atom. The molecule has 5 nitrogen and oxygen atoms in total. The van der Waals surface area contributed by atoms with Crippen molar-refractivity contribution in [3.05, 3.63) is 66.4 Å². The lowest BCUT2D eigenvalue weighted by molar-refractivity contribution is 0.438. The van der Waals surface area contributed by atoms with E-state index in [-0.39, 0.29) is 0 Å². The minimum atomic E-state index is 0.749. The zero-order valence-corrected chi connectivity index (χ0v) is 16.9. The average Bonchev–Trinajstić information content (AvgIpc) is 3.19. The number of benzene rings is 2. The zero-order chi connectivity index (χ0) is 19.6. The third-order valence-electron chi connectivity index (χ3n) is 6.06. The quantitative estimate of drug-likeness (QED) is 0.673. The van der Waals surface area contributed by atoms with Gasteiger partial charge >= 0.3 is 0 Å². The Labute approximate surface area is 172 Å². The third-order valence-corrected chi connectivity index (χ3v) is 6.06. The van der Waals surface area contributed by atoms with Gasteiger partial charge in [-0.1, -0.05) is 25.1 Å². The van der Waals surface area contributed by atoms with Crippen LogP contribution in [-0.4, -0.2) is 29.6 Å². The van der Waals surface area contributed by atoms with Gasteiger partial charge in [0.1, 0.15) is 5.82 Å². The first-order valence-corrected chi connectivity index (χ1v) is 10.6. The summed E-state index contributed by atoms with van der Waals surface area (Å²) in [6.07, 6.45) is 5.43. The molecule has 5 heteroatoms. The van der Waals surface area contributed by atoms with Crippen LogP contribution in [0.1, 0.15) is 25.3 Å². The van der Waals surface area contributed by atoms with E-state index in [1.54, 1.807) is 0 Å². The second-order valence-corrected chi connectivity index (χ2v) is 8.11. The second-order valence-electron chi connectivity index (χ2n) is 8.11. The van der Waals surface area contributed by atoms with E-state index in [9.17, 15) is 0 Å². The second kappa shape index (κ2) is 7.74. The molecule has 148 valence electrons. The average molecular weight is 386 g/mol. The van der Waals surface area contributed by atoms with Gasteiger partial charge in [-0.25, -0.2) is 4.98 Å². The summed E-state index contributed by atoms with van der Waals surface area (Å²) >= 11 is 0. The summed E-state index contributed by atoms with van der Waals surface area (Å²) in [5.74, 6) is 2.42. The van der Waals surface area contributed by atoms with Gasteiger partial charge in [-0.3, -0.25) is 0 Å². The normalized spacial score (nSPS) is 16.7. The molecule has 0 atom stereocenters. The van der Waals surface area contributed by atoms with E-state index in [1.807, 2.05) is 12.3 Å². The van der Waals surface area contributed by atoms with Crippen LogP contribution in [0.25, 0.3) is 0 Å². The molecule has 1 N–H and O–H groups in total. The Hall–Kier alpha value is -3.08. The first-order valence-electron chi connectivity index (χ1n) is 10.6. The maximum atomic E-state index is 4.76. The van der Waals surface area contributed by atoms with Crippen molar-refractivity contribution >= 4 is 28.8 Å². The molecule has 1 aromatic heterocycles. The Balaban J connectivity index is 1.30. The van der Waals surface area contributed by atoms with Crippen LogP contribution in [-0.2, 0) is 6.42 Å². The van der Waals surface area contributed by atoms with Crippen LogP contribution >= 0.6 is 0 Å². The highest BCUT2D eigenvalue weighted by Crippen LogP contribution is 2.33. The number of aromatic nitrogens is 2. The highest BCUT2D eigenvalue weighted by Gasteiger charge is 2.22. The van der Waals surface area contributed by atoms with E-state index in [1.165, 1.54) is 29.8 Å². The fourth-order valence-electron chi connectivity index (χ4n) is 4.26. The summed E-state index contributed by atoms with van der Waals surface area (Å²) < 4.78 is 0. The molecule has 0 bridgehead atoms. The Bertz CT molecular complexity index is 977. The van der Waals surface area contributed by atoms with Gasteiger partial charge in [0.15, 0.2) is 0 Å². The number of hydrogen-bond acceptors (Lipinski definition) is 5. The van der Waals surface area contributed by atoms with Gasteiger partial charge < -0.3 is 15.1 Å². The maximum absolute atomic E-state index is 4.76. The van der Waals surface area contributed by atoms with E-state index in [2.05, 4.69) is 75.6 Å². The SMILES string of the molecule is CC1CCN(c2ccc(Nc3ccnc(N4CCc5ccccc54)n3)cc2)CC1. The van der Waals surface area contributed by atoms with Crippen LogP contribution < -0.4 is 15.1 Å². The molecular formula is C24H27N5. The van der Waals surface area contributed by atoms with Crippen molar-refractivity contribution in [2.75, 3.05) is 34.8 Å². The molecule has 2 aliphatic rings. The summed E-state index contributed by atoms with van der Waals surface area (Å²) in [5, 5.41) is 3.43. The largest absolute Gasteiger partial charge is 0.372 e. The molecule has 0 unspecified atom stereocenters. The first-order chi connectivity index (χ1) is 14.3. The molecule has 0 saturated carbocycles. The lowest BCUT2D eigenvalue weighted by Crippen LogP contribution is -2.32. The summed E-state index contributed by atoms with van der Waals surface area (Å²) in [7, 11) is 0. The van der Waals surface area contributed by atoms with Crippen LogP contribution in [0.2, 0.25) is 0 Å². The summed E-state index contributed by atoms with van der Waals surface area (Å²) in [6.45, 7) is 5.58. The number of anilines is 5. The van der Waals surface area contributed by atoms with Crippen molar-refractivity contribution in [1.82, 2.24) is 9.97 Å². The molecule has 3 aromatic rings. The topological polar surface area (TPSA) is 44.3 Å². The van der Waals surface area contributed by atoms with Crippen LogP contribution in [0.4, 0.5) is 28.8 Å². The molecule has 0 radical (unpaired) electrons. The molecule has 5 rings (SSSR count). The van der Waals surface area contributed by atoms with Crippen molar-refractivity contribution in [1.29, 1.82) is 0 Å². The minimum absolute atomic E-state index is 0.749. The highest BCUT2D eigenvalue weighted by atomic mass is 15.3. The zero-order valence-electron chi connectivity index (χ0n) is 16.9. The van der Waals surface area contributed by atoms with Gasteiger partial charge in [-0.2, -0.15) is 4.98 Å². The number of hydrogen-bond donors (Lipinski definition) is 1. The Morgan fingerprint density at radius 2 is 1.72 bits per heavy atom. The number of fused-ring (bicyclic) bond motifs is 1. The van der Waals surface area contributed by atoms with Crippen molar-refractivity contribution in [3.63, 3.8) is 0 Å². The molecule has 2 aromatic carbocycles. The number of rotatable bonds is 4. The van der Waals surface area contributed by atoms with Crippen LogP contribution in [0.3, 0.4) is 0 Å². The summed E-state index contributed by atoms with van der Waals surface area (Å²) in [6, 6.07) is 19.1. The Kier molecular flexibility index (Phi) is 4.80. The van der Waals surface area contributed by atoms with Crippen LogP contribution in [0.5, 0.6) is 0 Å². The summed E-state index contributed by atoms with van der Waals surface area (Å²) in [4.78, 5) is 14.0. The van der Waals surface area contributed by atoms with Crippen LogP contribution in [0.15, 0.2) is 60.8 Å². The molecule has 3 heterocycles. The molecule has 0 amide bonds. The van der Waals surface area contributed by atoms with Gasteiger partial charge in [0.25, 0.3) is 0 Å². The monoisotopic (exact) mass is 385 g/mol. The van der Waals surface area contributed by atoms with Gasteiger partial charge in [0.05, 0.1) is 0 Å². The molecular weight excluding hydrogens is 358 g/mol. The van der Waals surface area contributed by atoms with E-state index < -0.39 is 0 Å². The van der Waals surface area contributed by atoms with E-state index in [0.29, 0.717) is 0 Å². The standard InChI is InChI=1S/C24H27N5/c1-18-11-15-28(16-12-18)21-8-6-20(7-9-21)26-23-10-14-25-24(27-23)29-17-13-19-4-2-3-5-22(19)29/h2-10,14,18H,11-13,15-17H2,1H3,(H,25,26,27). The molecule has 1 fully saturated rings. The molecule has 29 heavy (non-hydrogen) atoms. The lowest BCUT2D eigenvalue weighted by Gasteiger charge is -2.32. The Morgan fingerprint density at radius 1 is 0.931 bits per heavy atom. The number of para-hydroxylation sites is 1. The fraction of sp³-hybridized carbons (Fsp3) is 0.333. The van der Waals surface area contributed by atoms with Crippen molar-refractivity contribution in [2.45, 2.75) is 26.2 Å². The minimum Gasteiger partial charge on any atom is -0.372 e. The van der Waals surface area contributed by atoms with Gasteiger partial charge in [-0.15, -0.1) is 0 Å². The number of nitrogens with one attached hydrogen (secondary N) is 1. The predicted octanol–water partition coefficient (Wildman–Crippen LogP) is 5.15. The van der Waals surface area contributed by atoms with Crippen molar-refractivity contribution < 1.29 is 0 Å². The van der Waals surface area contributed by atoms with Gasteiger partial charge in [0.2, 0.25) is 5.95 Å². The number of piperidine rings is 1. The van der Waals surface area contributed by atoms with E-state index >= 15 is 0 Å². The smallest absolute Gasteiger partial charge is 0.231 e. The van der Waals surface area contributed by atoms with Crippen molar-refractivity contribution in [2.24, 2.45) is 5.92 Å². The van der Waals surface area contributed by atoms with E-state index in [0.717, 1.165) is 49.4 Å². The molecule has 2 aliphatic heterocycles. The lowest BCUT2D eigenvalue weighted by atomic mass is 9.99.